The highest BCUT2D eigenvalue weighted by molar-refractivity contribution is 6.39. The molecule has 2 aromatic rings. The fraction of sp³-hybridized carbons (Fsp3) is 0.250. The van der Waals surface area contributed by atoms with Crippen molar-refractivity contribution in [3.63, 3.8) is 0 Å². The van der Waals surface area contributed by atoms with Crippen molar-refractivity contribution in [2.75, 3.05) is 0 Å². The second-order valence-electron chi connectivity index (χ2n) is 3.98. The van der Waals surface area contributed by atoms with Crippen molar-refractivity contribution in [1.82, 2.24) is 4.98 Å². The topological polar surface area (TPSA) is 33.1 Å². The van der Waals surface area contributed by atoms with Crippen LogP contribution in [0.2, 0.25) is 10.0 Å². The van der Waals surface area contributed by atoms with Crippen molar-refractivity contribution in [2.24, 2.45) is 0 Å². The zero-order valence-electron chi connectivity index (χ0n) is 8.96. The zero-order valence-corrected chi connectivity index (χ0v) is 10.5. The van der Waals surface area contributed by atoms with Crippen molar-refractivity contribution in [1.29, 1.82) is 0 Å². The molecule has 2 nitrogen and oxygen atoms in total. The lowest BCUT2D eigenvalue weighted by Gasteiger charge is -2.09. The molecule has 1 N–H and O–H groups in total. The molecule has 2 rings (SSSR count). The van der Waals surface area contributed by atoms with Crippen LogP contribution >= 0.6 is 23.2 Å². The first-order chi connectivity index (χ1) is 7.50. The molecule has 0 saturated carbocycles. The molecule has 84 valence electrons. The minimum absolute atomic E-state index is 0.0106. The lowest BCUT2D eigenvalue weighted by atomic mass is 10.1. The molecule has 1 aromatic heterocycles. The van der Waals surface area contributed by atoms with Crippen LogP contribution in [0.25, 0.3) is 10.9 Å². The van der Waals surface area contributed by atoms with Crippen LogP contribution in [0.15, 0.2) is 18.2 Å². The Balaban J connectivity index is 2.81. The van der Waals surface area contributed by atoms with E-state index >= 15 is 0 Å². The fourth-order valence-electron chi connectivity index (χ4n) is 1.54. The Bertz CT molecular complexity index is 552. The lowest BCUT2D eigenvalue weighted by molar-refractivity contribution is 0.480. The number of phenolic OH excluding ortho intramolecular Hbond substituents is 1. The van der Waals surface area contributed by atoms with Gasteiger partial charge < -0.3 is 5.11 Å². The number of phenols is 1. The zero-order chi connectivity index (χ0) is 11.9. The molecule has 0 aliphatic heterocycles. The Kier molecular flexibility index (Phi) is 2.96. The van der Waals surface area contributed by atoms with Gasteiger partial charge in [0.25, 0.3) is 0 Å². The summed E-state index contributed by atoms with van der Waals surface area (Å²) in [6.07, 6.45) is 0. The molecule has 16 heavy (non-hydrogen) atoms. The summed E-state index contributed by atoms with van der Waals surface area (Å²) in [7, 11) is 0. The highest BCUT2D eigenvalue weighted by atomic mass is 35.5. The van der Waals surface area contributed by atoms with E-state index in [1.807, 2.05) is 26.0 Å². The van der Waals surface area contributed by atoms with E-state index in [1.54, 1.807) is 0 Å². The van der Waals surface area contributed by atoms with Crippen LogP contribution in [-0.4, -0.2) is 10.1 Å². The quantitative estimate of drug-likeness (QED) is 0.821. The van der Waals surface area contributed by atoms with Crippen molar-refractivity contribution in [2.45, 2.75) is 19.8 Å². The number of halogens is 2. The van der Waals surface area contributed by atoms with Gasteiger partial charge in [-0.1, -0.05) is 37.0 Å². The molecule has 0 aliphatic carbocycles. The lowest BCUT2D eigenvalue weighted by Crippen LogP contribution is -1.93. The van der Waals surface area contributed by atoms with E-state index in [9.17, 15) is 5.11 Å². The summed E-state index contributed by atoms with van der Waals surface area (Å²) < 4.78 is 0. The molecular weight excluding hydrogens is 245 g/mol. The maximum absolute atomic E-state index is 9.84. The Hall–Kier alpha value is -0.990. The van der Waals surface area contributed by atoms with Gasteiger partial charge in [-0.05, 0) is 24.1 Å². The summed E-state index contributed by atoms with van der Waals surface area (Å²) in [6.45, 7) is 4.08. The SMILES string of the molecule is CC(C)c1ccc2c(Cl)cc(Cl)c(O)c2n1. The van der Waals surface area contributed by atoms with Gasteiger partial charge in [0.05, 0.1) is 10.0 Å². The van der Waals surface area contributed by atoms with E-state index in [2.05, 4.69) is 4.98 Å². The van der Waals surface area contributed by atoms with Gasteiger partial charge in [-0.2, -0.15) is 0 Å². The van der Waals surface area contributed by atoms with E-state index in [0.29, 0.717) is 21.8 Å². The van der Waals surface area contributed by atoms with Crippen LogP contribution in [0.5, 0.6) is 5.75 Å². The Morgan fingerprint density at radius 2 is 1.88 bits per heavy atom. The summed E-state index contributed by atoms with van der Waals surface area (Å²) >= 11 is 11.9. The Morgan fingerprint density at radius 3 is 2.50 bits per heavy atom. The molecule has 0 spiro atoms. The van der Waals surface area contributed by atoms with Gasteiger partial charge in [0.1, 0.15) is 5.52 Å². The van der Waals surface area contributed by atoms with Gasteiger partial charge in [0.2, 0.25) is 0 Å². The number of hydrogen-bond acceptors (Lipinski definition) is 2. The first-order valence-corrected chi connectivity index (χ1v) is 5.74. The van der Waals surface area contributed by atoms with Crippen molar-refractivity contribution in [3.05, 3.63) is 33.9 Å². The molecule has 4 heteroatoms. The molecule has 0 amide bonds. The van der Waals surface area contributed by atoms with Crippen LogP contribution in [0.1, 0.15) is 25.5 Å². The Morgan fingerprint density at radius 1 is 1.19 bits per heavy atom. The summed E-state index contributed by atoms with van der Waals surface area (Å²) in [6, 6.07) is 5.29. The monoisotopic (exact) mass is 255 g/mol. The molecule has 0 aliphatic rings. The van der Waals surface area contributed by atoms with Crippen LogP contribution in [0.3, 0.4) is 0 Å². The highest BCUT2D eigenvalue weighted by Crippen LogP contribution is 2.36. The van der Waals surface area contributed by atoms with Crippen LogP contribution in [-0.2, 0) is 0 Å². The first-order valence-electron chi connectivity index (χ1n) is 4.98. The number of nitrogens with zero attached hydrogens (tertiary/aromatic N) is 1. The maximum atomic E-state index is 9.84. The fourth-order valence-corrected chi connectivity index (χ4v) is 2.06. The number of benzene rings is 1. The number of aromatic nitrogens is 1. The smallest absolute Gasteiger partial charge is 0.160 e. The molecule has 1 heterocycles. The van der Waals surface area contributed by atoms with Crippen LogP contribution < -0.4 is 0 Å². The van der Waals surface area contributed by atoms with E-state index in [-0.39, 0.29) is 10.8 Å². The van der Waals surface area contributed by atoms with E-state index in [1.165, 1.54) is 6.07 Å². The molecule has 0 saturated heterocycles. The third-order valence-electron chi connectivity index (χ3n) is 2.47. The summed E-state index contributed by atoms with van der Waals surface area (Å²) in [4.78, 5) is 4.38. The van der Waals surface area contributed by atoms with Gasteiger partial charge in [-0.3, -0.25) is 0 Å². The minimum atomic E-state index is -0.0106. The molecule has 1 aromatic carbocycles. The van der Waals surface area contributed by atoms with Crippen molar-refractivity contribution in [3.8, 4) is 5.75 Å². The Labute approximate surface area is 104 Å². The number of aromatic hydroxyl groups is 1. The van der Waals surface area contributed by atoms with E-state index < -0.39 is 0 Å². The number of pyridine rings is 1. The molecule has 0 unspecified atom stereocenters. The number of fused-ring (bicyclic) bond motifs is 1. The van der Waals surface area contributed by atoms with Crippen LogP contribution in [0.4, 0.5) is 0 Å². The van der Waals surface area contributed by atoms with Gasteiger partial charge in [0, 0.05) is 11.1 Å². The van der Waals surface area contributed by atoms with Crippen LogP contribution in [0, 0.1) is 0 Å². The van der Waals surface area contributed by atoms with Crippen molar-refractivity contribution < 1.29 is 5.11 Å². The van der Waals surface area contributed by atoms with E-state index in [0.717, 1.165) is 5.69 Å². The molecule has 0 bridgehead atoms. The summed E-state index contributed by atoms with van der Waals surface area (Å²) in [5.41, 5.74) is 1.37. The number of hydrogen-bond donors (Lipinski definition) is 1. The molecule has 0 fully saturated rings. The van der Waals surface area contributed by atoms with Gasteiger partial charge in [0.15, 0.2) is 5.75 Å². The average Bonchev–Trinajstić information content (AvgIpc) is 2.25. The molecule has 0 atom stereocenters. The summed E-state index contributed by atoms with van der Waals surface area (Å²) in [5.74, 6) is 0.283. The third-order valence-corrected chi connectivity index (χ3v) is 3.07. The van der Waals surface area contributed by atoms with Gasteiger partial charge in [-0.25, -0.2) is 4.98 Å². The molecule has 0 radical (unpaired) electrons. The average molecular weight is 256 g/mol. The predicted molar refractivity (Wildman–Crippen MR) is 67.5 cm³/mol. The van der Waals surface area contributed by atoms with Gasteiger partial charge >= 0.3 is 0 Å². The highest BCUT2D eigenvalue weighted by Gasteiger charge is 2.12. The predicted octanol–water partition coefficient (Wildman–Crippen LogP) is 4.37. The van der Waals surface area contributed by atoms with Crippen molar-refractivity contribution >= 4 is 34.1 Å². The second-order valence-corrected chi connectivity index (χ2v) is 4.79. The standard InChI is InChI=1S/C12H11Cl2NO/c1-6(2)10-4-3-7-8(13)5-9(14)12(16)11(7)15-10/h3-6,16H,1-2H3. The van der Waals surface area contributed by atoms with E-state index in [4.69, 9.17) is 23.2 Å². The maximum Gasteiger partial charge on any atom is 0.160 e. The largest absolute Gasteiger partial charge is 0.504 e. The molecular formula is C12H11Cl2NO. The second kappa shape index (κ2) is 4.11. The van der Waals surface area contributed by atoms with Gasteiger partial charge in [-0.15, -0.1) is 0 Å². The normalized spacial score (nSPS) is 11.3. The number of rotatable bonds is 1. The summed E-state index contributed by atoms with van der Waals surface area (Å²) in [5, 5.41) is 11.3. The minimum Gasteiger partial charge on any atom is -0.504 e. The first kappa shape index (κ1) is 11.5. The third kappa shape index (κ3) is 1.83.